The molecule has 1 aliphatic heterocycles. The summed E-state index contributed by atoms with van der Waals surface area (Å²) in [6.45, 7) is 2.35. The maximum Gasteiger partial charge on any atom is 0.129 e. The fourth-order valence-corrected chi connectivity index (χ4v) is 4.41. The van der Waals surface area contributed by atoms with Gasteiger partial charge in [0.25, 0.3) is 0 Å². The molecule has 3 aromatic carbocycles. The van der Waals surface area contributed by atoms with Gasteiger partial charge in [0, 0.05) is 11.6 Å². The van der Waals surface area contributed by atoms with Crippen LogP contribution in [0.3, 0.4) is 0 Å². The number of fused-ring (bicyclic) bond motifs is 1. The number of rotatable bonds is 7. The first-order chi connectivity index (χ1) is 16.2. The number of aromatic amines is 1. The number of imidazole rings is 1. The van der Waals surface area contributed by atoms with Crippen LogP contribution in [0.5, 0.6) is 5.75 Å². The number of nitrogens with zero attached hydrogens (tertiary/aromatic N) is 2. The summed E-state index contributed by atoms with van der Waals surface area (Å²) in [7, 11) is 2.17. The second-order valence-corrected chi connectivity index (χ2v) is 8.77. The Morgan fingerprint density at radius 3 is 2.67 bits per heavy atom. The Kier molecular flexibility index (Phi) is 6.37. The Hall–Kier alpha value is -3.22. The summed E-state index contributed by atoms with van der Waals surface area (Å²) in [6, 6.07) is 23.1. The zero-order chi connectivity index (χ0) is 22.6. The van der Waals surface area contributed by atoms with Crippen molar-refractivity contribution < 1.29 is 9.13 Å². The summed E-state index contributed by atoms with van der Waals surface area (Å²) < 4.78 is 20.0. The maximum atomic E-state index is 14.0. The molecule has 33 heavy (non-hydrogen) atoms. The van der Waals surface area contributed by atoms with Crippen molar-refractivity contribution >= 4 is 11.0 Å². The molecule has 170 valence electrons. The molecule has 1 fully saturated rings. The van der Waals surface area contributed by atoms with Crippen LogP contribution in [-0.2, 0) is 6.61 Å². The lowest BCUT2D eigenvalue weighted by Crippen LogP contribution is -2.42. The van der Waals surface area contributed by atoms with E-state index in [1.54, 1.807) is 12.1 Å². The third kappa shape index (κ3) is 5.07. The lowest BCUT2D eigenvalue weighted by molar-refractivity contribution is 0.228. The molecule has 5 rings (SSSR count). The molecule has 0 saturated carbocycles. The number of hydrogen-bond donors (Lipinski definition) is 2. The van der Waals surface area contributed by atoms with E-state index in [1.807, 2.05) is 48.5 Å². The third-order valence-corrected chi connectivity index (χ3v) is 6.35. The van der Waals surface area contributed by atoms with E-state index in [4.69, 9.17) is 9.72 Å². The second kappa shape index (κ2) is 9.73. The van der Waals surface area contributed by atoms with Gasteiger partial charge in [0.2, 0.25) is 0 Å². The van der Waals surface area contributed by atoms with Gasteiger partial charge in [0.1, 0.15) is 24.0 Å². The van der Waals surface area contributed by atoms with Crippen LogP contribution in [-0.4, -0.2) is 41.0 Å². The minimum Gasteiger partial charge on any atom is -0.489 e. The van der Waals surface area contributed by atoms with Crippen LogP contribution in [0.25, 0.3) is 11.0 Å². The van der Waals surface area contributed by atoms with Crippen molar-refractivity contribution in [3.05, 3.63) is 95.6 Å². The van der Waals surface area contributed by atoms with E-state index in [0.29, 0.717) is 17.4 Å². The van der Waals surface area contributed by atoms with Crippen molar-refractivity contribution in [3.8, 4) is 5.75 Å². The molecule has 2 heterocycles. The smallest absolute Gasteiger partial charge is 0.129 e. The van der Waals surface area contributed by atoms with Gasteiger partial charge in [-0.3, -0.25) is 0 Å². The van der Waals surface area contributed by atoms with Gasteiger partial charge < -0.3 is 19.9 Å². The van der Waals surface area contributed by atoms with Crippen molar-refractivity contribution in [3.63, 3.8) is 0 Å². The first-order valence-electron chi connectivity index (χ1n) is 11.5. The molecule has 1 saturated heterocycles. The molecule has 1 aromatic heterocycles. The predicted octanol–water partition coefficient (Wildman–Crippen LogP) is 5.05. The largest absolute Gasteiger partial charge is 0.489 e. The quantitative estimate of drug-likeness (QED) is 0.419. The zero-order valence-electron chi connectivity index (χ0n) is 18.8. The number of para-hydroxylation sites is 2. The molecule has 0 bridgehead atoms. The zero-order valence-corrected chi connectivity index (χ0v) is 18.8. The lowest BCUT2D eigenvalue weighted by Gasteiger charge is -2.32. The number of hydrogen-bond acceptors (Lipinski definition) is 4. The Labute approximate surface area is 193 Å². The van der Waals surface area contributed by atoms with Gasteiger partial charge in [0.15, 0.2) is 0 Å². The normalized spacial score (nSPS) is 16.2. The van der Waals surface area contributed by atoms with E-state index in [1.165, 1.54) is 6.07 Å². The van der Waals surface area contributed by atoms with Crippen molar-refractivity contribution in [2.24, 2.45) is 0 Å². The molecule has 1 unspecified atom stereocenters. The molecular weight excluding hydrogens is 415 g/mol. The molecular formula is C27H29FN4O. The summed E-state index contributed by atoms with van der Waals surface area (Å²) in [4.78, 5) is 10.8. The number of likely N-dealkylation sites (tertiary alicyclic amines) is 1. The number of piperidine rings is 1. The highest BCUT2D eigenvalue weighted by molar-refractivity contribution is 5.75. The van der Waals surface area contributed by atoms with Crippen molar-refractivity contribution in [1.29, 1.82) is 0 Å². The van der Waals surface area contributed by atoms with Gasteiger partial charge in [-0.05, 0) is 68.9 Å². The van der Waals surface area contributed by atoms with Gasteiger partial charge in [0.05, 0.1) is 17.1 Å². The highest BCUT2D eigenvalue weighted by atomic mass is 19.1. The Bertz CT molecular complexity index is 1180. The van der Waals surface area contributed by atoms with Crippen LogP contribution in [0.4, 0.5) is 4.39 Å². The van der Waals surface area contributed by atoms with Crippen LogP contribution < -0.4 is 10.1 Å². The average Bonchev–Trinajstić information content (AvgIpc) is 3.27. The summed E-state index contributed by atoms with van der Waals surface area (Å²) in [6.07, 6.45) is 2.19. The van der Waals surface area contributed by atoms with Crippen molar-refractivity contribution in [2.75, 3.05) is 20.1 Å². The maximum absolute atomic E-state index is 14.0. The van der Waals surface area contributed by atoms with Crippen LogP contribution >= 0.6 is 0 Å². The number of halogens is 1. The molecule has 2 N–H and O–H groups in total. The fourth-order valence-electron chi connectivity index (χ4n) is 4.41. The topological polar surface area (TPSA) is 53.2 Å². The first kappa shape index (κ1) is 21.6. The van der Waals surface area contributed by atoms with Gasteiger partial charge in [-0.15, -0.1) is 0 Å². The highest BCUT2D eigenvalue weighted by Gasteiger charge is 2.24. The molecule has 0 radical (unpaired) electrons. The van der Waals surface area contributed by atoms with Gasteiger partial charge in [-0.2, -0.15) is 0 Å². The van der Waals surface area contributed by atoms with E-state index in [-0.39, 0.29) is 18.5 Å². The minimum atomic E-state index is -0.252. The van der Waals surface area contributed by atoms with Gasteiger partial charge >= 0.3 is 0 Å². The summed E-state index contributed by atoms with van der Waals surface area (Å²) in [5.74, 6) is 1.35. The first-order valence-corrected chi connectivity index (χ1v) is 11.5. The van der Waals surface area contributed by atoms with E-state index in [0.717, 1.165) is 48.4 Å². The molecule has 1 aliphatic rings. The van der Waals surface area contributed by atoms with Gasteiger partial charge in [-0.25, -0.2) is 9.37 Å². The fraction of sp³-hybridized carbons (Fsp3) is 0.296. The Morgan fingerprint density at radius 1 is 1.06 bits per heavy atom. The van der Waals surface area contributed by atoms with E-state index in [9.17, 15) is 4.39 Å². The number of nitrogens with one attached hydrogen (secondary N) is 2. The van der Waals surface area contributed by atoms with Gasteiger partial charge in [-0.1, -0.05) is 42.5 Å². The van der Waals surface area contributed by atoms with E-state index < -0.39 is 0 Å². The molecule has 5 nitrogen and oxygen atoms in total. The van der Waals surface area contributed by atoms with E-state index in [2.05, 4.69) is 28.3 Å². The number of aromatic nitrogens is 2. The van der Waals surface area contributed by atoms with E-state index >= 15 is 0 Å². The van der Waals surface area contributed by atoms with Crippen LogP contribution in [0, 0.1) is 5.82 Å². The van der Waals surface area contributed by atoms with Crippen LogP contribution in [0.15, 0.2) is 72.8 Å². The average molecular weight is 445 g/mol. The highest BCUT2D eigenvalue weighted by Crippen LogP contribution is 2.28. The number of H-pyrrole nitrogens is 1. The molecule has 1 atom stereocenters. The lowest BCUT2D eigenvalue weighted by atomic mass is 10.0. The molecule has 0 aliphatic carbocycles. The third-order valence-electron chi connectivity index (χ3n) is 6.35. The molecule has 4 aromatic rings. The Morgan fingerprint density at radius 2 is 1.85 bits per heavy atom. The monoisotopic (exact) mass is 444 g/mol. The number of benzene rings is 3. The summed E-state index contributed by atoms with van der Waals surface area (Å²) in [5.41, 5.74) is 3.59. The summed E-state index contributed by atoms with van der Waals surface area (Å²) in [5, 5.41) is 3.84. The van der Waals surface area contributed by atoms with Crippen LogP contribution in [0.2, 0.25) is 0 Å². The SMILES string of the molecule is CN1CCC(NC(c2cccc(OCc3ccccc3F)c2)c2nc3ccccc3[nH]2)CC1. The second-order valence-electron chi connectivity index (χ2n) is 8.77. The predicted molar refractivity (Wildman–Crippen MR) is 129 cm³/mol. The molecule has 6 heteroatoms. The van der Waals surface area contributed by atoms with Crippen molar-refractivity contribution in [2.45, 2.75) is 31.5 Å². The molecule has 0 amide bonds. The van der Waals surface area contributed by atoms with Crippen LogP contribution in [0.1, 0.15) is 35.8 Å². The van der Waals surface area contributed by atoms with Crippen molar-refractivity contribution in [1.82, 2.24) is 20.2 Å². The summed E-state index contributed by atoms with van der Waals surface area (Å²) >= 11 is 0. The number of ether oxygens (including phenoxy) is 1. The standard InChI is InChI=1S/C27H29FN4O/c1-32-15-13-21(14-16-32)29-26(27-30-24-11-4-5-12-25(24)31-27)19-8-6-9-22(17-19)33-18-20-7-2-3-10-23(20)28/h2-12,17,21,26,29H,13-16,18H2,1H3,(H,30,31). The Balaban J connectivity index is 1.41. The minimum absolute atomic E-state index is 0.0946. The molecule has 0 spiro atoms.